The summed E-state index contributed by atoms with van der Waals surface area (Å²) >= 11 is 4.05. The maximum absolute atomic E-state index is 10.2. The van der Waals surface area contributed by atoms with Crippen molar-refractivity contribution in [3.63, 3.8) is 0 Å². The standard InChI is InChI=1S/C9H10O2S/c10-7-9-5-4-8(11-9)3-1-2-6-12/h1,3-5,7,12H,2,6H2. The van der Waals surface area contributed by atoms with Gasteiger partial charge in [0.2, 0.25) is 0 Å². The van der Waals surface area contributed by atoms with E-state index in [9.17, 15) is 4.79 Å². The summed E-state index contributed by atoms with van der Waals surface area (Å²) in [4.78, 5) is 10.2. The highest BCUT2D eigenvalue weighted by Gasteiger charge is 1.94. The molecule has 3 heteroatoms. The molecule has 0 aromatic carbocycles. The van der Waals surface area contributed by atoms with Crippen molar-refractivity contribution in [2.24, 2.45) is 0 Å². The lowest BCUT2D eigenvalue weighted by Gasteiger charge is -1.84. The second-order valence-corrected chi connectivity index (χ2v) is 2.72. The van der Waals surface area contributed by atoms with Gasteiger partial charge in [0, 0.05) is 0 Å². The maximum atomic E-state index is 10.2. The van der Waals surface area contributed by atoms with Crippen LogP contribution in [0.25, 0.3) is 6.08 Å². The van der Waals surface area contributed by atoms with Gasteiger partial charge in [-0.15, -0.1) is 0 Å². The maximum Gasteiger partial charge on any atom is 0.185 e. The lowest BCUT2D eigenvalue weighted by molar-refractivity contribution is 0.110. The monoisotopic (exact) mass is 182 g/mol. The summed E-state index contributed by atoms with van der Waals surface area (Å²) in [5.74, 6) is 1.89. The summed E-state index contributed by atoms with van der Waals surface area (Å²) in [6, 6.07) is 3.41. The molecule has 0 fully saturated rings. The average molecular weight is 182 g/mol. The van der Waals surface area contributed by atoms with E-state index >= 15 is 0 Å². The Morgan fingerprint density at radius 2 is 2.17 bits per heavy atom. The van der Waals surface area contributed by atoms with Crippen LogP contribution in [-0.4, -0.2) is 12.0 Å². The third-order valence-electron chi connectivity index (χ3n) is 1.34. The molecular weight excluding hydrogens is 172 g/mol. The van der Waals surface area contributed by atoms with E-state index in [2.05, 4.69) is 12.6 Å². The molecule has 0 aliphatic rings. The van der Waals surface area contributed by atoms with Crippen LogP contribution in [0.1, 0.15) is 22.7 Å². The van der Waals surface area contributed by atoms with Crippen molar-refractivity contribution in [2.45, 2.75) is 6.42 Å². The fourth-order valence-electron chi connectivity index (χ4n) is 0.795. The van der Waals surface area contributed by atoms with E-state index in [-0.39, 0.29) is 0 Å². The SMILES string of the molecule is O=Cc1ccc(C=CCCS)o1. The third-order valence-corrected chi connectivity index (χ3v) is 1.60. The highest BCUT2D eigenvalue weighted by molar-refractivity contribution is 7.80. The molecule has 0 aliphatic carbocycles. The minimum absolute atomic E-state index is 0.362. The number of allylic oxidation sites excluding steroid dienone is 1. The smallest absolute Gasteiger partial charge is 0.185 e. The Balaban J connectivity index is 2.57. The van der Waals surface area contributed by atoms with Crippen LogP contribution in [0.15, 0.2) is 22.6 Å². The topological polar surface area (TPSA) is 30.2 Å². The molecule has 1 aromatic heterocycles. The quantitative estimate of drug-likeness (QED) is 0.572. The lowest BCUT2D eigenvalue weighted by atomic mass is 10.3. The third kappa shape index (κ3) is 2.58. The van der Waals surface area contributed by atoms with Gasteiger partial charge in [-0.1, -0.05) is 6.08 Å². The average Bonchev–Trinajstić information content (AvgIpc) is 2.53. The van der Waals surface area contributed by atoms with Gasteiger partial charge in [-0.25, -0.2) is 0 Å². The van der Waals surface area contributed by atoms with Gasteiger partial charge in [-0.3, -0.25) is 4.79 Å². The van der Waals surface area contributed by atoms with Crippen molar-refractivity contribution in [1.82, 2.24) is 0 Å². The Kier molecular flexibility index (Phi) is 3.67. The molecule has 0 N–H and O–H groups in total. The fraction of sp³-hybridized carbons (Fsp3) is 0.222. The predicted octanol–water partition coefficient (Wildman–Crippen LogP) is 2.43. The summed E-state index contributed by atoms with van der Waals surface area (Å²) in [5, 5.41) is 0. The second-order valence-electron chi connectivity index (χ2n) is 2.27. The van der Waals surface area contributed by atoms with Gasteiger partial charge in [0.05, 0.1) is 0 Å². The highest BCUT2D eigenvalue weighted by atomic mass is 32.1. The first-order valence-corrected chi connectivity index (χ1v) is 4.32. The van der Waals surface area contributed by atoms with E-state index in [1.807, 2.05) is 12.2 Å². The zero-order chi connectivity index (χ0) is 8.81. The Labute approximate surface area is 76.7 Å². The Hall–Kier alpha value is -0.960. The first kappa shape index (κ1) is 9.13. The first-order chi connectivity index (χ1) is 5.86. The van der Waals surface area contributed by atoms with Gasteiger partial charge >= 0.3 is 0 Å². The Morgan fingerprint density at radius 1 is 1.42 bits per heavy atom. The van der Waals surface area contributed by atoms with Gasteiger partial charge in [-0.05, 0) is 30.4 Å². The minimum atomic E-state index is 0.362. The van der Waals surface area contributed by atoms with Crippen molar-refractivity contribution in [1.29, 1.82) is 0 Å². The molecule has 0 saturated carbocycles. The van der Waals surface area contributed by atoms with Crippen LogP contribution in [0.5, 0.6) is 0 Å². The first-order valence-electron chi connectivity index (χ1n) is 3.69. The molecule has 1 heterocycles. The van der Waals surface area contributed by atoms with Crippen molar-refractivity contribution < 1.29 is 9.21 Å². The van der Waals surface area contributed by atoms with Crippen LogP contribution in [0.4, 0.5) is 0 Å². The molecule has 0 unspecified atom stereocenters. The van der Waals surface area contributed by atoms with Gasteiger partial charge < -0.3 is 4.42 Å². The van der Waals surface area contributed by atoms with Crippen LogP contribution in [0.2, 0.25) is 0 Å². The van der Waals surface area contributed by atoms with Crippen molar-refractivity contribution in [3.05, 3.63) is 29.7 Å². The number of thiol groups is 1. The van der Waals surface area contributed by atoms with Crippen molar-refractivity contribution in [2.75, 3.05) is 5.75 Å². The highest BCUT2D eigenvalue weighted by Crippen LogP contribution is 2.07. The zero-order valence-corrected chi connectivity index (χ0v) is 7.46. The van der Waals surface area contributed by atoms with Gasteiger partial charge in [0.25, 0.3) is 0 Å². The van der Waals surface area contributed by atoms with E-state index in [0.717, 1.165) is 12.2 Å². The normalized spacial score (nSPS) is 10.8. The molecule has 0 amide bonds. The molecule has 1 aromatic rings. The summed E-state index contributed by atoms with van der Waals surface area (Å²) in [5.41, 5.74) is 0. The number of hydrogen-bond acceptors (Lipinski definition) is 3. The number of rotatable bonds is 4. The number of hydrogen-bond donors (Lipinski definition) is 1. The van der Waals surface area contributed by atoms with Crippen LogP contribution in [0, 0.1) is 0 Å². The molecule has 1 rings (SSSR count). The van der Waals surface area contributed by atoms with Crippen molar-refractivity contribution >= 4 is 25.0 Å². The largest absolute Gasteiger partial charge is 0.454 e. The number of furan rings is 1. The second kappa shape index (κ2) is 4.83. The predicted molar refractivity (Wildman–Crippen MR) is 51.6 cm³/mol. The molecule has 0 aliphatic heterocycles. The molecule has 0 radical (unpaired) electrons. The van der Waals surface area contributed by atoms with Crippen LogP contribution < -0.4 is 0 Å². The zero-order valence-electron chi connectivity index (χ0n) is 6.56. The van der Waals surface area contributed by atoms with Crippen LogP contribution in [0.3, 0.4) is 0 Å². The van der Waals surface area contributed by atoms with Crippen molar-refractivity contribution in [3.8, 4) is 0 Å². The number of carbonyl (C=O) groups excluding carboxylic acids is 1. The lowest BCUT2D eigenvalue weighted by Crippen LogP contribution is -1.69. The molecule has 2 nitrogen and oxygen atoms in total. The van der Waals surface area contributed by atoms with E-state index in [4.69, 9.17) is 4.42 Å². The molecule has 0 atom stereocenters. The molecule has 0 bridgehead atoms. The molecule has 64 valence electrons. The molecule has 12 heavy (non-hydrogen) atoms. The van der Waals surface area contributed by atoms with Crippen LogP contribution >= 0.6 is 12.6 Å². The summed E-state index contributed by atoms with van der Waals surface area (Å²) < 4.78 is 5.10. The Bertz CT molecular complexity index is 276. The van der Waals surface area contributed by atoms with Crippen LogP contribution in [-0.2, 0) is 0 Å². The van der Waals surface area contributed by atoms with Gasteiger partial charge in [0.1, 0.15) is 5.76 Å². The van der Waals surface area contributed by atoms with E-state index in [0.29, 0.717) is 17.8 Å². The number of carbonyl (C=O) groups is 1. The fourth-order valence-corrected chi connectivity index (χ4v) is 0.944. The summed E-state index contributed by atoms with van der Waals surface area (Å²) in [7, 11) is 0. The number of aldehydes is 1. The summed E-state index contributed by atoms with van der Waals surface area (Å²) in [6.07, 6.45) is 5.39. The molecule has 0 spiro atoms. The van der Waals surface area contributed by atoms with Gasteiger partial charge in [0.15, 0.2) is 12.0 Å². The molecule has 0 saturated heterocycles. The minimum Gasteiger partial charge on any atom is -0.454 e. The summed E-state index contributed by atoms with van der Waals surface area (Å²) in [6.45, 7) is 0. The Morgan fingerprint density at radius 3 is 2.75 bits per heavy atom. The van der Waals surface area contributed by atoms with E-state index < -0.39 is 0 Å². The van der Waals surface area contributed by atoms with Gasteiger partial charge in [-0.2, -0.15) is 12.6 Å². The van der Waals surface area contributed by atoms with E-state index in [1.165, 1.54) is 0 Å². The molecular formula is C9H10O2S. The van der Waals surface area contributed by atoms with E-state index in [1.54, 1.807) is 12.1 Å².